The molecule has 0 aliphatic heterocycles. The van der Waals surface area contributed by atoms with Gasteiger partial charge in [0.1, 0.15) is 0 Å². The summed E-state index contributed by atoms with van der Waals surface area (Å²) in [6.45, 7) is 5.08. The Hall–Kier alpha value is -0.260. The van der Waals surface area contributed by atoms with Gasteiger partial charge in [0.05, 0.1) is 13.2 Å². The third-order valence-electron chi connectivity index (χ3n) is 1.10. The molecule has 0 aromatic carbocycles. The number of rotatable bonds is 5. The Bertz CT molecular complexity index is 222. The monoisotopic (exact) mass is 230 g/mol. The average molecular weight is 230 g/mol. The van der Waals surface area contributed by atoms with Crippen molar-refractivity contribution in [3.05, 3.63) is 12.2 Å². The molecule has 0 aromatic heterocycles. The Morgan fingerprint density at radius 2 is 1.86 bits per heavy atom. The summed E-state index contributed by atoms with van der Waals surface area (Å²) in [5.41, 5.74) is 0.319. The van der Waals surface area contributed by atoms with Gasteiger partial charge in [0, 0.05) is 12.0 Å². The maximum atomic E-state index is 10.8. The van der Waals surface area contributed by atoms with E-state index in [1.165, 1.54) is 6.92 Å². The second-order valence-electron chi connectivity index (χ2n) is 2.38. The first kappa shape index (κ1) is 16.2. The van der Waals surface area contributed by atoms with Crippen molar-refractivity contribution >= 4 is 49.9 Å². The maximum absolute atomic E-state index is 10.8. The molecule has 1 N–H and O–H groups in total. The summed E-state index contributed by atoms with van der Waals surface area (Å²) in [6.07, 6.45) is -0.975. The molecule has 0 aliphatic rings. The molecule has 0 rings (SSSR count). The van der Waals surface area contributed by atoms with Gasteiger partial charge in [-0.05, 0) is 6.92 Å². The molecule has 0 atom stereocenters. The van der Waals surface area contributed by atoms with Crippen molar-refractivity contribution in [2.45, 2.75) is 13.3 Å². The van der Waals surface area contributed by atoms with Gasteiger partial charge in [-0.2, -0.15) is 0 Å². The minimum absolute atomic E-state index is 0. The minimum Gasteiger partial charge on any atom is -1.00 e. The number of carbonyl (C=O) groups is 2. The number of carbonyl (C=O) groups excluding carboxylic acids is 1. The molecule has 0 spiro atoms. The largest absolute Gasteiger partial charge is 2.00 e. The number of carboxylic acid groups (broad SMARTS) is 1. The van der Waals surface area contributed by atoms with Crippen LogP contribution in [0.25, 0.3) is 0 Å². The fraction of sp³-hybridized carbons (Fsp3) is 0.500. The Kier molecular flexibility index (Phi) is 10.7. The van der Waals surface area contributed by atoms with Gasteiger partial charge >= 0.3 is 49.9 Å². The molecule has 0 unspecified atom stereocenters. The van der Waals surface area contributed by atoms with Crippen LogP contribution in [0.5, 0.6) is 0 Å². The van der Waals surface area contributed by atoms with E-state index in [9.17, 15) is 9.59 Å². The topological polar surface area (TPSA) is 72.8 Å². The first-order valence-electron chi connectivity index (χ1n) is 3.72. The predicted octanol–water partition coefficient (Wildman–Crippen LogP) is 1.03. The molecule has 0 saturated heterocycles. The molecule has 0 aromatic rings. The predicted molar refractivity (Wildman–Crippen MR) is 52.3 cm³/mol. The number of ether oxygens (including phenoxy) is 2. The summed E-state index contributed by atoms with van der Waals surface area (Å²) in [5.74, 6) is -0.477. The maximum Gasteiger partial charge on any atom is 2.00 e. The molecule has 0 bridgehead atoms. The van der Waals surface area contributed by atoms with Crippen molar-refractivity contribution in [3.63, 3.8) is 0 Å². The molecule has 0 aliphatic carbocycles. The summed E-state index contributed by atoms with van der Waals surface area (Å²) < 4.78 is 8.86. The molecule has 0 fully saturated rings. The molecule has 0 heterocycles. The van der Waals surface area contributed by atoms with Crippen LogP contribution in [0.4, 0.5) is 4.79 Å². The fourth-order valence-electron chi connectivity index (χ4n) is 0.506. The van der Waals surface area contributed by atoms with E-state index in [1.54, 1.807) is 0 Å². The van der Waals surface area contributed by atoms with E-state index < -0.39 is 12.1 Å². The first-order chi connectivity index (χ1) is 6.04. The molecule has 0 amide bonds. The van der Waals surface area contributed by atoms with Crippen LogP contribution in [0, 0.1) is 0 Å². The van der Waals surface area contributed by atoms with E-state index in [2.05, 4.69) is 16.1 Å². The van der Waals surface area contributed by atoms with Gasteiger partial charge in [-0.25, -0.2) is 9.59 Å². The summed E-state index contributed by atoms with van der Waals surface area (Å²) in [4.78, 5) is 20.6. The smallest absolute Gasteiger partial charge is 1.00 e. The molecule has 14 heavy (non-hydrogen) atoms. The second-order valence-corrected chi connectivity index (χ2v) is 2.38. The van der Waals surface area contributed by atoms with E-state index in [4.69, 9.17) is 5.11 Å². The molecular formula is C8H14CaO5. The van der Waals surface area contributed by atoms with Gasteiger partial charge in [0.25, 0.3) is 0 Å². The minimum atomic E-state index is -1.33. The quantitative estimate of drug-likeness (QED) is 0.330. The van der Waals surface area contributed by atoms with Crippen molar-refractivity contribution in [2.24, 2.45) is 0 Å². The molecule has 5 nitrogen and oxygen atoms in total. The summed E-state index contributed by atoms with van der Waals surface area (Å²) >= 11 is 0. The number of esters is 1. The number of hydrogen-bond donors (Lipinski definition) is 1. The van der Waals surface area contributed by atoms with Gasteiger partial charge in [-0.3, -0.25) is 0 Å². The van der Waals surface area contributed by atoms with E-state index >= 15 is 0 Å². The molecule has 6 heteroatoms. The first-order valence-corrected chi connectivity index (χ1v) is 3.72. The van der Waals surface area contributed by atoms with E-state index in [-0.39, 0.29) is 53.8 Å². The zero-order valence-corrected chi connectivity index (χ0v) is 10.3. The normalized spacial score (nSPS) is 8.36. The van der Waals surface area contributed by atoms with Crippen molar-refractivity contribution in [1.29, 1.82) is 0 Å². The average Bonchev–Trinajstić information content (AvgIpc) is 2.02. The van der Waals surface area contributed by atoms with Gasteiger partial charge in [0.2, 0.25) is 0 Å². The van der Waals surface area contributed by atoms with Crippen LogP contribution in [0.2, 0.25) is 0 Å². The molecule has 0 saturated carbocycles. The van der Waals surface area contributed by atoms with Gasteiger partial charge in [-0.1, -0.05) is 6.58 Å². The van der Waals surface area contributed by atoms with Crippen molar-refractivity contribution in [3.8, 4) is 0 Å². The van der Waals surface area contributed by atoms with Gasteiger partial charge in [0.15, 0.2) is 0 Å². The van der Waals surface area contributed by atoms with Gasteiger partial charge < -0.3 is 17.4 Å². The van der Waals surface area contributed by atoms with Gasteiger partial charge in [-0.15, -0.1) is 0 Å². The van der Waals surface area contributed by atoms with E-state index in [1.807, 2.05) is 0 Å². The molecular weight excluding hydrogens is 216 g/mol. The summed E-state index contributed by atoms with van der Waals surface area (Å²) in [7, 11) is 0. The van der Waals surface area contributed by atoms with Crippen LogP contribution < -0.4 is 0 Å². The molecule has 0 radical (unpaired) electrons. The van der Waals surface area contributed by atoms with Crippen LogP contribution in [0.15, 0.2) is 12.2 Å². The molecule has 78 valence electrons. The van der Waals surface area contributed by atoms with Crippen molar-refractivity contribution in [2.75, 3.05) is 13.2 Å². The fourth-order valence-corrected chi connectivity index (χ4v) is 0.506. The Labute approximate surface area is 115 Å². The third kappa shape index (κ3) is 9.82. The van der Waals surface area contributed by atoms with Crippen LogP contribution in [0.1, 0.15) is 16.2 Å². The summed E-state index contributed by atoms with van der Waals surface area (Å²) in [5, 5.41) is 8.07. The van der Waals surface area contributed by atoms with E-state index in [0.29, 0.717) is 12.0 Å². The zero-order valence-electron chi connectivity index (χ0n) is 10.1. The SMILES string of the molecule is C=C(C)C(=O)OCCCOC(=O)O.[Ca+2].[H-].[H-]. The van der Waals surface area contributed by atoms with Crippen LogP contribution in [0.3, 0.4) is 0 Å². The van der Waals surface area contributed by atoms with Crippen LogP contribution in [-0.4, -0.2) is 68.2 Å². The Morgan fingerprint density at radius 3 is 2.29 bits per heavy atom. The zero-order chi connectivity index (χ0) is 10.3. The van der Waals surface area contributed by atoms with E-state index in [0.717, 1.165) is 0 Å². The second kappa shape index (κ2) is 9.30. The van der Waals surface area contributed by atoms with Crippen LogP contribution in [-0.2, 0) is 14.3 Å². The summed E-state index contributed by atoms with van der Waals surface area (Å²) in [6, 6.07) is 0. The standard InChI is InChI=1S/C8H12O5.Ca.2H/c1-6(2)7(9)12-4-3-5-13-8(10)11;;;/h1,3-5H2,2H3,(H,10,11);;;/q;+2;2*-1. The van der Waals surface area contributed by atoms with Crippen LogP contribution >= 0.6 is 0 Å². The van der Waals surface area contributed by atoms with Crippen molar-refractivity contribution in [1.82, 2.24) is 0 Å². The number of hydrogen-bond acceptors (Lipinski definition) is 4. The Morgan fingerprint density at radius 1 is 1.36 bits per heavy atom. The van der Waals surface area contributed by atoms with Crippen molar-refractivity contribution < 1.29 is 27.0 Å². The third-order valence-corrected chi connectivity index (χ3v) is 1.10. The Balaban J connectivity index is -0.000000240.